The second-order valence-electron chi connectivity index (χ2n) is 6.15. The summed E-state index contributed by atoms with van der Waals surface area (Å²) in [5, 5.41) is 3.40. The lowest BCUT2D eigenvalue weighted by molar-refractivity contribution is -0.121. The summed E-state index contributed by atoms with van der Waals surface area (Å²) in [4.78, 5) is 28.7. The van der Waals surface area contributed by atoms with Crippen LogP contribution in [0.2, 0.25) is 0 Å². The Labute approximate surface area is 146 Å². The van der Waals surface area contributed by atoms with Gasteiger partial charge in [-0.25, -0.2) is 4.98 Å². The van der Waals surface area contributed by atoms with E-state index in [2.05, 4.69) is 29.4 Å². The lowest BCUT2D eigenvalue weighted by Crippen LogP contribution is -2.33. The molecule has 0 saturated heterocycles. The molecular weight excluding hydrogens is 314 g/mol. The number of para-hydroxylation sites is 1. The van der Waals surface area contributed by atoms with Crippen molar-refractivity contribution in [2.24, 2.45) is 0 Å². The van der Waals surface area contributed by atoms with E-state index in [4.69, 9.17) is 0 Å². The van der Waals surface area contributed by atoms with Gasteiger partial charge in [-0.1, -0.05) is 49.4 Å². The van der Waals surface area contributed by atoms with Gasteiger partial charge in [-0.05, 0) is 30.0 Å². The van der Waals surface area contributed by atoms with E-state index in [1.807, 2.05) is 24.3 Å². The number of nitrogens with zero attached hydrogens (tertiary/aromatic N) is 2. The van der Waals surface area contributed by atoms with E-state index in [0.717, 1.165) is 6.42 Å². The molecule has 5 nitrogen and oxygen atoms in total. The summed E-state index contributed by atoms with van der Waals surface area (Å²) in [7, 11) is 0. The van der Waals surface area contributed by atoms with E-state index in [1.165, 1.54) is 16.5 Å². The third kappa shape index (κ3) is 4.12. The SMILES string of the molecule is CC(CCNC(=O)Cn1cnc2ccccc2c1=O)c1ccccc1. The van der Waals surface area contributed by atoms with E-state index in [1.54, 1.807) is 18.2 Å². The molecule has 1 N–H and O–H groups in total. The molecule has 0 aliphatic rings. The maximum atomic E-state index is 12.4. The summed E-state index contributed by atoms with van der Waals surface area (Å²) in [5.74, 6) is 0.186. The number of aromatic nitrogens is 2. The van der Waals surface area contributed by atoms with E-state index in [0.29, 0.717) is 23.4 Å². The number of hydrogen-bond donors (Lipinski definition) is 1. The standard InChI is InChI=1S/C20H21N3O2/c1-15(16-7-3-2-4-8-16)11-12-21-19(24)13-23-14-22-18-10-6-5-9-17(18)20(23)25/h2-10,14-15H,11-13H2,1H3,(H,21,24). The van der Waals surface area contributed by atoms with Crippen molar-refractivity contribution in [2.75, 3.05) is 6.54 Å². The van der Waals surface area contributed by atoms with E-state index in [9.17, 15) is 9.59 Å². The van der Waals surface area contributed by atoms with E-state index < -0.39 is 0 Å². The summed E-state index contributed by atoms with van der Waals surface area (Å²) in [6.45, 7) is 2.69. The first-order chi connectivity index (χ1) is 12.1. The molecule has 0 bridgehead atoms. The van der Waals surface area contributed by atoms with Gasteiger partial charge in [-0.15, -0.1) is 0 Å². The van der Waals surface area contributed by atoms with Crippen molar-refractivity contribution < 1.29 is 4.79 Å². The molecule has 0 radical (unpaired) electrons. The second-order valence-corrected chi connectivity index (χ2v) is 6.15. The molecule has 1 unspecified atom stereocenters. The molecule has 0 saturated carbocycles. The fourth-order valence-electron chi connectivity index (χ4n) is 2.81. The molecule has 1 atom stereocenters. The molecular formula is C20H21N3O2. The molecule has 128 valence electrons. The maximum Gasteiger partial charge on any atom is 0.261 e. The number of rotatable bonds is 6. The highest BCUT2D eigenvalue weighted by Gasteiger charge is 2.09. The summed E-state index contributed by atoms with van der Waals surface area (Å²) >= 11 is 0. The summed E-state index contributed by atoms with van der Waals surface area (Å²) in [6, 6.07) is 17.3. The van der Waals surface area contributed by atoms with Gasteiger partial charge in [0.25, 0.3) is 5.56 Å². The maximum absolute atomic E-state index is 12.4. The second kappa shape index (κ2) is 7.75. The van der Waals surface area contributed by atoms with Gasteiger partial charge in [0.15, 0.2) is 0 Å². The molecule has 3 aromatic rings. The van der Waals surface area contributed by atoms with Crippen LogP contribution >= 0.6 is 0 Å². The van der Waals surface area contributed by atoms with Crippen LogP contribution in [0.1, 0.15) is 24.8 Å². The van der Waals surface area contributed by atoms with Crippen molar-refractivity contribution in [3.63, 3.8) is 0 Å². The molecule has 5 heteroatoms. The van der Waals surface area contributed by atoms with Gasteiger partial charge >= 0.3 is 0 Å². The molecule has 3 rings (SSSR count). The Kier molecular flexibility index (Phi) is 5.23. The van der Waals surface area contributed by atoms with Crippen molar-refractivity contribution in [3.05, 3.63) is 76.8 Å². The number of hydrogen-bond acceptors (Lipinski definition) is 3. The van der Waals surface area contributed by atoms with Crippen LogP contribution in [0.4, 0.5) is 0 Å². The Balaban J connectivity index is 1.56. The zero-order valence-electron chi connectivity index (χ0n) is 14.2. The summed E-state index contributed by atoms with van der Waals surface area (Å²) in [6.07, 6.45) is 2.28. The number of fused-ring (bicyclic) bond motifs is 1. The van der Waals surface area contributed by atoms with E-state index in [-0.39, 0.29) is 18.0 Å². The van der Waals surface area contributed by atoms with Gasteiger partial charge < -0.3 is 5.32 Å². The van der Waals surface area contributed by atoms with Crippen LogP contribution < -0.4 is 10.9 Å². The lowest BCUT2D eigenvalue weighted by Gasteiger charge is -2.13. The highest BCUT2D eigenvalue weighted by molar-refractivity contribution is 5.78. The summed E-state index contributed by atoms with van der Waals surface area (Å²) in [5.41, 5.74) is 1.70. The van der Waals surface area contributed by atoms with Crippen LogP contribution in [0.3, 0.4) is 0 Å². The minimum absolute atomic E-state index is 0.0175. The lowest BCUT2D eigenvalue weighted by atomic mass is 9.98. The predicted molar refractivity (Wildman–Crippen MR) is 98.5 cm³/mol. The Morgan fingerprint density at radius 3 is 2.64 bits per heavy atom. The normalized spacial score (nSPS) is 12.0. The predicted octanol–water partition coefficient (Wildman–Crippen LogP) is 2.71. The van der Waals surface area contributed by atoms with Crippen molar-refractivity contribution in [1.29, 1.82) is 0 Å². The first kappa shape index (κ1) is 16.9. The van der Waals surface area contributed by atoms with Crippen LogP contribution in [0.25, 0.3) is 10.9 Å². The Bertz CT molecular complexity index is 919. The molecule has 1 aromatic heterocycles. The third-order valence-electron chi connectivity index (χ3n) is 4.31. The zero-order valence-corrected chi connectivity index (χ0v) is 14.2. The van der Waals surface area contributed by atoms with Gasteiger partial charge in [0.05, 0.1) is 17.2 Å². The third-order valence-corrected chi connectivity index (χ3v) is 4.31. The van der Waals surface area contributed by atoms with Crippen LogP contribution in [-0.2, 0) is 11.3 Å². The van der Waals surface area contributed by atoms with Crippen LogP contribution in [0.15, 0.2) is 65.7 Å². The fourth-order valence-corrected chi connectivity index (χ4v) is 2.81. The van der Waals surface area contributed by atoms with Gasteiger partial charge in [-0.2, -0.15) is 0 Å². The number of benzene rings is 2. The number of nitrogens with one attached hydrogen (secondary N) is 1. The van der Waals surface area contributed by atoms with Crippen molar-refractivity contribution in [1.82, 2.24) is 14.9 Å². The largest absolute Gasteiger partial charge is 0.355 e. The molecule has 1 amide bonds. The smallest absolute Gasteiger partial charge is 0.261 e. The molecule has 2 aromatic carbocycles. The van der Waals surface area contributed by atoms with Crippen molar-refractivity contribution >= 4 is 16.8 Å². The first-order valence-electron chi connectivity index (χ1n) is 8.41. The van der Waals surface area contributed by atoms with Crippen LogP contribution in [0, 0.1) is 0 Å². The van der Waals surface area contributed by atoms with Crippen molar-refractivity contribution in [2.45, 2.75) is 25.8 Å². The van der Waals surface area contributed by atoms with Gasteiger partial charge in [0.2, 0.25) is 5.91 Å². The van der Waals surface area contributed by atoms with Gasteiger partial charge in [-0.3, -0.25) is 14.2 Å². The van der Waals surface area contributed by atoms with Crippen LogP contribution in [-0.4, -0.2) is 22.0 Å². The fraction of sp³-hybridized carbons (Fsp3) is 0.250. The molecule has 0 aliphatic carbocycles. The highest BCUT2D eigenvalue weighted by Crippen LogP contribution is 2.17. The molecule has 0 fully saturated rings. The zero-order chi connectivity index (χ0) is 17.6. The average Bonchev–Trinajstić information content (AvgIpc) is 2.65. The Hall–Kier alpha value is -2.95. The van der Waals surface area contributed by atoms with Gasteiger partial charge in [0.1, 0.15) is 6.54 Å². The Morgan fingerprint density at radius 2 is 1.84 bits per heavy atom. The molecule has 1 heterocycles. The number of amides is 1. The quantitative estimate of drug-likeness (QED) is 0.753. The molecule has 0 spiro atoms. The number of carbonyl (C=O) groups is 1. The summed E-state index contributed by atoms with van der Waals surface area (Å²) < 4.78 is 1.35. The topological polar surface area (TPSA) is 64.0 Å². The first-order valence-corrected chi connectivity index (χ1v) is 8.41. The Morgan fingerprint density at radius 1 is 1.12 bits per heavy atom. The van der Waals surface area contributed by atoms with E-state index >= 15 is 0 Å². The molecule has 25 heavy (non-hydrogen) atoms. The minimum atomic E-state index is -0.196. The highest BCUT2D eigenvalue weighted by atomic mass is 16.2. The number of carbonyl (C=O) groups excluding carboxylic acids is 1. The average molecular weight is 335 g/mol. The minimum Gasteiger partial charge on any atom is -0.355 e. The molecule has 0 aliphatic heterocycles. The van der Waals surface area contributed by atoms with Crippen LogP contribution in [0.5, 0.6) is 0 Å². The van der Waals surface area contributed by atoms with Crippen molar-refractivity contribution in [3.8, 4) is 0 Å². The monoisotopic (exact) mass is 335 g/mol. The van der Waals surface area contributed by atoms with Gasteiger partial charge in [0, 0.05) is 6.54 Å².